The monoisotopic (exact) mass is 403 g/mol. The predicted molar refractivity (Wildman–Crippen MR) is 122 cm³/mol. The summed E-state index contributed by atoms with van der Waals surface area (Å²) in [4.78, 5) is 13.1. The van der Waals surface area contributed by atoms with Crippen molar-refractivity contribution >= 4 is 19.2 Å². The third-order valence-electron chi connectivity index (χ3n) is 5.61. The van der Waals surface area contributed by atoms with Crippen molar-refractivity contribution in [3.63, 3.8) is 0 Å². The van der Waals surface area contributed by atoms with Gasteiger partial charge < -0.3 is 10.1 Å². The van der Waals surface area contributed by atoms with Crippen molar-refractivity contribution in [2.45, 2.75) is 31.2 Å². The van der Waals surface area contributed by atoms with E-state index in [1.165, 1.54) is 17.9 Å². The van der Waals surface area contributed by atoms with Crippen LogP contribution in [0.2, 0.25) is 18.6 Å². The lowest BCUT2D eigenvalue weighted by atomic mass is 10.0. The van der Waals surface area contributed by atoms with Crippen molar-refractivity contribution in [3.8, 4) is 0 Å². The average molecular weight is 404 g/mol. The van der Waals surface area contributed by atoms with Gasteiger partial charge in [-0.3, -0.25) is 4.79 Å². The normalized spacial score (nSPS) is 13.5. The van der Waals surface area contributed by atoms with Crippen LogP contribution in [-0.4, -0.2) is 21.2 Å². The molecule has 0 unspecified atom stereocenters. The Bertz CT molecular complexity index is 898. The maximum absolute atomic E-state index is 13.1. The Morgan fingerprint density at radius 3 is 1.93 bits per heavy atom. The van der Waals surface area contributed by atoms with Crippen LogP contribution >= 0.6 is 0 Å². The van der Waals surface area contributed by atoms with Crippen molar-refractivity contribution in [1.29, 1.82) is 0 Å². The highest BCUT2D eigenvalue weighted by molar-refractivity contribution is 6.93. The van der Waals surface area contributed by atoms with Crippen molar-refractivity contribution in [2.75, 3.05) is 7.11 Å². The van der Waals surface area contributed by atoms with Gasteiger partial charge in [-0.05, 0) is 11.1 Å². The van der Waals surface area contributed by atoms with Crippen LogP contribution in [0.15, 0.2) is 91.0 Å². The first-order valence-electron chi connectivity index (χ1n) is 9.99. The maximum Gasteiger partial charge on any atom is 0.308 e. The van der Waals surface area contributed by atoms with Crippen molar-refractivity contribution in [1.82, 2.24) is 5.32 Å². The van der Waals surface area contributed by atoms with Gasteiger partial charge in [0.25, 0.3) is 0 Å². The van der Waals surface area contributed by atoms with E-state index < -0.39 is 8.07 Å². The molecule has 0 bridgehead atoms. The van der Waals surface area contributed by atoms with Gasteiger partial charge in [-0.15, -0.1) is 0 Å². The van der Waals surface area contributed by atoms with Gasteiger partial charge in [-0.2, -0.15) is 0 Å². The van der Waals surface area contributed by atoms with Gasteiger partial charge in [0.2, 0.25) is 0 Å². The zero-order chi connectivity index (χ0) is 20.7. The molecule has 3 aromatic rings. The number of benzene rings is 3. The molecule has 0 saturated carbocycles. The Labute approximate surface area is 174 Å². The molecule has 0 spiro atoms. The van der Waals surface area contributed by atoms with E-state index in [1.807, 2.05) is 54.6 Å². The highest BCUT2D eigenvalue weighted by atomic mass is 28.3. The number of ether oxygens (including phenoxy) is 1. The van der Waals surface area contributed by atoms with Crippen molar-refractivity contribution < 1.29 is 9.53 Å². The standard InChI is InChI=1S/C25H29NO2Si/c1-28-25(27)24(29(2,3)22-17-11-6-12-18-22)23(21-15-9-5-10-16-21)26-19-20-13-7-4-8-14-20/h4-18,23-24,26H,19H2,1-3H3/t23-,24+/m0/s1. The van der Waals surface area contributed by atoms with Crippen LogP contribution in [0, 0.1) is 0 Å². The smallest absolute Gasteiger partial charge is 0.308 e. The molecule has 0 amide bonds. The number of nitrogens with one attached hydrogen (secondary N) is 1. The number of carbonyl (C=O) groups is 1. The summed E-state index contributed by atoms with van der Waals surface area (Å²) in [6.07, 6.45) is 0. The second kappa shape index (κ2) is 9.68. The van der Waals surface area contributed by atoms with Crippen LogP contribution in [-0.2, 0) is 16.1 Å². The second-order valence-corrected chi connectivity index (χ2v) is 12.5. The Morgan fingerprint density at radius 2 is 1.38 bits per heavy atom. The molecule has 1 N–H and O–H groups in total. The highest BCUT2D eigenvalue weighted by Gasteiger charge is 2.45. The molecule has 3 nitrogen and oxygen atoms in total. The van der Waals surface area contributed by atoms with Crippen LogP contribution < -0.4 is 10.5 Å². The molecule has 4 heteroatoms. The summed E-state index contributed by atoms with van der Waals surface area (Å²) in [5.41, 5.74) is 2.03. The number of methoxy groups -OCH3 is 1. The Balaban J connectivity index is 2.02. The van der Waals surface area contributed by atoms with Crippen LogP contribution in [0.5, 0.6) is 0 Å². The summed E-state index contributed by atoms with van der Waals surface area (Å²) in [6, 6.07) is 30.8. The Morgan fingerprint density at radius 1 is 0.862 bits per heavy atom. The highest BCUT2D eigenvalue weighted by Crippen LogP contribution is 2.36. The van der Waals surface area contributed by atoms with Gasteiger partial charge in [0.05, 0.1) is 20.7 Å². The SMILES string of the molecule is COC(=O)[C@@H]([C@@H](NCc1ccccc1)c1ccccc1)[Si](C)(C)c1ccccc1. The number of rotatable bonds is 8. The fourth-order valence-corrected chi connectivity index (χ4v) is 7.20. The number of hydrogen-bond donors (Lipinski definition) is 1. The van der Waals surface area contributed by atoms with Crippen LogP contribution in [0.1, 0.15) is 17.2 Å². The zero-order valence-corrected chi connectivity index (χ0v) is 18.3. The molecule has 2 atom stereocenters. The van der Waals surface area contributed by atoms with Crippen molar-refractivity contribution in [2.24, 2.45) is 0 Å². The molecule has 0 saturated heterocycles. The van der Waals surface area contributed by atoms with E-state index in [0.717, 1.165) is 5.56 Å². The molecule has 0 fully saturated rings. The average Bonchev–Trinajstić information content (AvgIpc) is 2.78. The van der Waals surface area contributed by atoms with E-state index in [1.54, 1.807) is 0 Å². The third kappa shape index (κ3) is 5.02. The molecule has 0 aliphatic heterocycles. The van der Waals surface area contributed by atoms with E-state index in [2.05, 4.69) is 54.8 Å². The number of esters is 1. The summed E-state index contributed by atoms with van der Waals surface area (Å²) < 4.78 is 5.33. The second-order valence-electron chi connectivity index (χ2n) is 7.84. The lowest BCUT2D eigenvalue weighted by Crippen LogP contribution is -2.53. The van der Waals surface area contributed by atoms with E-state index in [9.17, 15) is 4.79 Å². The molecule has 3 rings (SSSR count). The molecule has 29 heavy (non-hydrogen) atoms. The third-order valence-corrected chi connectivity index (χ3v) is 9.56. The summed E-state index contributed by atoms with van der Waals surface area (Å²) in [7, 11) is -0.724. The molecule has 150 valence electrons. The quantitative estimate of drug-likeness (QED) is 0.438. The fraction of sp³-hybridized carbons (Fsp3) is 0.240. The van der Waals surface area contributed by atoms with Gasteiger partial charge in [-0.1, -0.05) is 109 Å². The lowest BCUT2D eigenvalue weighted by molar-refractivity contribution is -0.141. The van der Waals surface area contributed by atoms with Crippen LogP contribution in [0.3, 0.4) is 0 Å². The lowest BCUT2D eigenvalue weighted by Gasteiger charge is -2.37. The van der Waals surface area contributed by atoms with Gasteiger partial charge in [0.1, 0.15) is 0 Å². The Hall–Kier alpha value is -2.69. The van der Waals surface area contributed by atoms with E-state index in [4.69, 9.17) is 4.74 Å². The van der Waals surface area contributed by atoms with Gasteiger partial charge in [0, 0.05) is 12.6 Å². The minimum absolute atomic E-state index is 0.134. The van der Waals surface area contributed by atoms with Gasteiger partial charge in [-0.25, -0.2) is 0 Å². The Kier molecular flexibility index (Phi) is 7.02. The molecule has 0 heterocycles. The van der Waals surface area contributed by atoms with Crippen molar-refractivity contribution in [3.05, 3.63) is 102 Å². The van der Waals surface area contributed by atoms with Crippen LogP contribution in [0.4, 0.5) is 0 Å². The molecular formula is C25H29NO2Si. The van der Waals surface area contributed by atoms with Crippen LogP contribution in [0.25, 0.3) is 0 Å². The predicted octanol–water partition coefficient (Wildman–Crippen LogP) is 4.68. The minimum atomic E-state index is -2.21. The molecule has 0 aliphatic carbocycles. The fourth-order valence-electron chi connectivity index (χ4n) is 3.93. The summed E-state index contributed by atoms with van der Waals surface area (Å²) >= 11 is 0. The van der Waals surface area contributed by atoms with E-state index in [-0.39, 0.29) is 17.6 Å². The minimum Gasteiger partial charge on any atom is -0.469 e. The summed E-state index contributed by atoms with van der Waals surface area (Å²) in [6.45, 7) is 5.20. The molecule has 0 aliphatic rings. The molecule has 0 aromatic heterocycles. The van der Waals surface area contributed by atoms with E-state index in [0.29, 0.717) is 6.54 Å². The topological polar surface area (TPSA) is 38.3 Å². The van der Waals surface area contributed by atoms with E-state index >= 15 is 0 Å². The molecular weight excluding hydrogens is 374 g/mol. The molecule has 3 aromatic carbocycles. The van der Waals surface area contributed by atoms with Gasteiger partial charge in [0.15, 0.2) is 0 Å². The largest absolute Gasteiger partial charge is 0.469 e. The first-order valence-corrected chi connectivity index (χ1v) is 13.1. The molecule has 0 radical (unpaired) electrons. The maximum atomic E-state index is 13.1. The first kappa shape index (κ1) is 21.0. The van der Waals surface area contributed by atoms with Gasteiger partial charge >= 0.3 is 5.97 Å². The zero-order valence-electron chi connectivity index (χ0n) is 17.3. The first-order chi connectivity index (χ1) is 14.0. The number of carbonyl (C=O) groups excluding carboxylic acids is 1. The summed E-state index contributed by atoms with van der Waals surface area (Å²) in [5.74, 6) is -0.153. The number of hydrogen-bond acceptors (Lipinski definition) is 3. The summed E-state index contributed by atoms with van der Waals surface area (Å²) in [5, 5.41) is 4.93.